The summed E-state index contributed by atoms with van der Waals surface area (Å²) in [6.45, 7) is 3.95. The minimum absolute atomic E-state index is 0.0117. The summed E-state index contributed by atoms with van der Waals surface area (Å²) in [5.74, 6) is -0.989. The molecule has 0 saturated heterocycles. The third-order valence-corrected chi connectivity index (χ3v) is 1.70. The van der Waals surface area contributed by atoms with Gasteiger partial charge in [0.1, 0.15) is 0 Å². The molecule has 0 rings (SSSR count). The molecule has 0 radical (unpaired) electrons. The average Bonchev–Trinajstić information content (AvgIpc) is 2.02. The van der Waals surface area contributed by atoms with Crippen molar-refractivity contribution in [3.8, 4) is 0 Å². The van der Waals surface area contributed by atoms with Crippen molar-refractivity contribution in [2.24, 2.45) is 5.92 Å². The molecule has 0 aromatic carbocycles. The molecule has 1 unspecified atom stereocenters. The zero-order valence-electron chi connectivity index (χ0n) is 7.46. The SMILES string of the molecule is CCC(C)C(=O)NCCC(=O)O. The first kappa shape index (κ1) is 10.9. The smallest absolute Gasteiger partial charge is 0.305 e. The Kier molecular flexibility index (Phi) is 5.08. The van der Waals surface area contributed by atoms with E-state index in [1.807, 2.05) is 13.8 Å². The van der Waals surface area contributed by atoms with Gasteiger partial charge in [-0.3, -0.25) is 9.59 Å². The number of carbonyl (C=O) groups excluding carboxylic acids is 1. The van der Waals surface area contributed by atoms with Gasteiger partial charge in [-0.15, -0.1) is 0 Å². The molecule has 1 atom stereocenters. The quantitative estimate of drug-likeness (QED) is 0.640. The molecule has 0 aliphatic rings. The van der Waals surface area contributed by atoms with Crippen molar-refractivity contribution in [3.63, 3.8) is 0 Å². The summed E-state index contributed by atoms with van der Waals surface area (Å²) < 4.78 is 0. The summed E-state index contributed by atoms with van der Waals surface area (Å²) in [6.07, 6.45) is 0.765. The van der Waals surface area contributed by atoms with Crippen molar-refractivity contribution in [1.82, 2.24) is 5.32 Å². The summed E-state index contributed by atoms with van der Waals surface area (Å²) >= 11 is 0. The number of hydrogen-bond acceptors (Lipinski definition) is 2. The Morgan fingerprint density at radius 1 is 1.50 bits per heavy atom. The highest BCUT2D eigenvalue weighted by Crippen LogP contribution is 1.99. The van der Waals surface area contributed by atoms with Crippen molar-refractivity contribution < 1.29 is 14.7 Å². The Bertz CT molecular complexity index is 168. The van der Waals surface area contributed by atoms with Gasteiger partial charge in [0, 0.05) is 12.5 Å². The van der Waals surface area contributed by atoms with Gasteiger partial charge < -0.3 is 10.4 Å². The van der Waals surface area contributed by atoms with Crippen molar-refractivity contribution in [2.45, 2.75) is 26.7 Å². The molecule has 0 aliphatic carbocycles. The van der Waals surface area contributed by atoms with Gasteiger partial charge in [0.2, 0.25) is 5.91 Å². The highest BCUT2D eigenvalue weighted by molar-refractivity contribution is 5.78. The van der Waals surface area contributed by atoms with Crippen LogP contribution in [0.5, 0.6) is 0 Å². The van der Waals surface area contributed by atoms with Crippen LogP contribution in [0, 0.1) is 5.92 Å². The van der Waals surface area contributed by atoms with E-state index in [4.69, 9.17) is 5.11 Å². The molecule has 4 heteroatoms. The van der Waals surface area contributed by atoms with Crippen LogP contribution in [0.4, 0.5) is 0 Å². The molecular weight excluding hydrogens is 158 g/mol. The first-order chi connectivity index (χ1) is 5.57. The van der Waals surface area contributed by atoms with Crippen molar-refractivity contribution >= 4 is 11.9 Å². The lowest BCUT2D eigenvalue weighted by Gasteiger charge is -2.07. The van der Waals surface area contributed by atoms with Crippen LogP contribution in [0.1, 0.15) is 26.7 Å². The van der Waals surface area contributed by atoms with E-state index in [1.54, 1.807) is 0 Å². The predicted octanol–water partition coefficient (Wildman–Crippen LogP) is 0.623. The Hall–Kier alpha value is -1.06. The van der Waals surface area contributed by atoms with Gasteiger partial charge in [-0.05, 0) is 6.42 Å². The van der Waals surface area contributed by atoms with E-state index in [-0.39, 0.29) is 24.8 Å². The molecular formula is C8H15NO3. The fourth-order valence-electron chi connectivity index (χ4n) is 0.652. The van der Waals surface area contributed by atoms with Crippen LogP contribution < -0.4 is 5.32 Å². The number of carboxylic acids is 1. The van der Waals surface area contributed by atoms with Crippen LogP contribution in [-0.2, 0) is 9.59 Å². The van der Waals surface area contributed by atoms with E-state index in [2.05, 4.69) is 5.32 Å². The molecule has 70 valence electrons. The molecule has 0 heterocycles. The van der Waals surface area contributed by atoms with Crippen molar-refractivity contribution in [3.05, 3.63) is 0 Å². The largest absolute Gasteiger partial charge is 0.481 e. The summed E-state index contributed by atoms with van der Waals surface area (Å²) in [6, 6.07) is 0. The van der Waals surface area contributed by atoms with E-state index in [9.17, 15) is 9.59 Å². The van der Waals surface area contributed by atoms with Gasteiger partial charge in [-0.25, -0.2) is 0 Å². The number of carbonyl (C=O) groups is 2. The molecule has 4 nitrogen and oxygen atoms in total. The monoisotopic (exact) mass is 173 g/mol. The van der Waals surface area contributed by atoms with Gasteiger partial charge in [0.05, 0.1) is 6.42 Å². The Balaban J connectivity index is 3.50. The van der Waals surface area contributed by atoms with Crippen LogP contribution in [-0.4, -0.2) is 23.5 Å². The fraction of sp³-hybridized carbons (Fsp3) is 0.750. The molecule has 0 saturated carbocycles. The van der Waals surface area contributed by atoms with Crippen LogP contribution in [0.15, 0.2) is 0 Å². The predicted molar refractivity (Wildman–Crippen MR) is 44.7 cm³/mol. The lowest BCUT2D eigenvalue weighted by molar-refractivity contribution is -0.137. The highest BCUT2D eigenvalue weighted by atomic mass is 16.4. The van der Waals surface area contributed by atoms with Crippen LogP contribution in [0.2, 0.25) is 0 Å². The Labute approximate surface area is 72.0 Å². The van der Waals surface area contributed by atoms with Crippen LogP contribution in [0.25, 0.3) is 0 Å². The van der Waals surface area contributed by atoms with E-state index in [1.165, 1.54) is 0 Å². The second-order valence-electron chi connectivity index (χ2n) is 2.74. The zero-order valence-corrected chi connectivity index (χ0v) is 7.46. The summed E-state index contributed by atoms with van der Waals surface area (Å²) in [7, 11) is 0. The van der Waals surface area contributed by atoms with Gasteiger partial charge >= 0.3 is 5.97 Å². The first-order valence-electron chi connectivity index (χ1n) is 4.07. The van der Waals surface area contributed by atoms with Crippen molar-refractivity contribution in [1.29, 1.82) is 0 Å². The molecule has 2 N–H and O–H groups in total. The molecule has 0 aromatic heterocycles. The van der Waals surface area contributed by atoms with E-state index < -0.39 is 5.97 Å². The Morgan fingerprint density at radius 2 is 2.08 bits per heavy atom. The number of amides is 1. The Morgan fingerprint density at radius 3 is 2.50 bits per heavy atom. The lowest BCUT2D eigenvalue weighted by atomic mass is 10.1. The van der Waals surface area contributed by atoms with E-state index in [0.29, 0.717) is 0 Å². The lowest BCUT2D eigenvalue weighted by Crippen LogP contribution is -2.30. The van der Waals surface area contributed by atoms with E-state index >= 15 is 0 Å². The highest BCUT2D eigenvalue weighted by Gasteiger charge is 2.09. The topological polar surface area (TPSA) is 66.4 Å². The number of hydrogen-bond donors (Lipinski definition) is 2. The molecule has 12 heavy (non-hydrogen) atoms. The number of nitrogens with one attached hydrogen (secondary N) is 1. The van der Waals surface area contributed by atoms with Gasteiger partial charge in [0.25, 0.3) is 0 Å². The van der Waals surface area contributed by atoms with E-state index in [0.717, 1.165) is 6.42 Å². The molecule has 0 fully saturated rings. The molecule has 1 amide bonds. The van der Waals surface area contributed by atoms with Crippen LogP contribution in [0.3, 0.4) is 0 Å². The number of rotatable bonds is 5. The maximum Gasteiger partial charge on any atom is 0.305 e. The molecule has 0 spiro atoms. The first-order valence-corrected chi connectivity index (χ1v) is 4.07. The average molecular weight is 173 g/mol. The zero-order chi connectivity index (χ0) is 9.56. The molecule has 0 aromatic rings. The standard InChI is InChI=1S/C8H15NO3/c1-3-6(2)8(12)9-5-4-7(10)11/h6H,3-5H2,1-2H3,(H,9,12)(H,10,11). The fourth-order valence-corrected chi connectivity index (χ4v) is 0.652. The molecule has 0 aliphatic heterocycles. The maximum atomic E-state index is 11.1. The normalized spacial score (nSPS) is 12.2. The second kappa shape index (κ2) is 5.57. The minimum Gasteiger partial charge on any atom is -0.481 e. The van der Waals surface area contributed by atoms with Gasteiger partial charge in [-0.2, -0.15) is 0 Å². The number of carboxylic acid groups (broad SMARTS) is 1. The summed E-state index contributed by atoms with van der Waals surface area (Å²) in [4.78, 5) is 21.1. The maximum absolute atomic E-state index is 11.1. The van der Waals surface area contributed by atoms with Gasteiger partial charge in [-0.1, -0.05) is 13.8 Å². The number of aliphatic carboxylic acids is 1. The van der Waals surface area contributed by atoms with Gasteiger partial charge in [0.15, 0.2) is 0 Å². The van der Waals surface area contributed by atoms with Crippen LogP contribution >= 0.6 is 0 Å². The van der Waals surface area contributed by atoms with Crippen molar-refractivity contribution in [2.75, 3.05) is 6.54 Å². The third-order valence-electron chi connectivity index (χ3n) is 1.70. The summed E-state index contributed by atoms with van der Waals surface area (Å²) in [5.41, 5.74) is 0. The minimum atomic E-state index is -0.889. The summed E-state index contributed by atoms with van der Waals surface area (Å²) in [5, 5.41) is 10.8. The third kappa shape index (κ3) is 4.71. The molecule has 0 bridgehead atoms. The second-order valence-corrected chi connectivity index (χ2v) is 2.74.